The average Bonchev–Trinajstić information content (AvgIpc) is 2.27. The van der Waals surface area contributed by atoms with E-state index in [-0.39, 0.29) is 18.1 Å². The minimum absolute atomic E-state index is 0. The zero-order valence-electron chi connectivity index (χ0n) is 10.3. The van der Waals surface area contributed by atoms with E-state index in [4.69, 9.17) is 4.74 Å². The van der Waals surface area contributed by atoms with Gasteiger partial charge in [0.1, 0.15) is 11.5 Å². The van der Waals surface area contributed by atoms with Crippen molar-refractivity contribution in [3.8, 4) is 5.75 Å². The largest absolute Gasteiger partial charge is 0.508 e. The van der Waals surface area contributed by atoms with E-state index < -0.39 is 0 Å². The van der Waals surface area contributed by atoms with Crippen LogP contribution in [0.3, 0.4) is 0 Å². The third-order valence-electron chi connectivity index (χ3n) is 3.03. The molecule has 0 radical (unpaired) electrons. The highest BCUT2D eigenvalue weighted by Gasteiger charge is 2.30. The fourth-order valence-electron chi connectivity index (χ4n) is 1.96. The van der Waals surface area contributed by atoms with E-state index in [9.17, 15) is 5.11 Å². The smallest absolute Gasteiger partial charge is 0.120 e. The molecule has 1 heterocycles. The first-order chi connectivity index (χ1) is 7.59. The maximum Gasteiger partial charge on any atom is 0.120 e. The lowest BCUT2D eigenvalue weighted by Gasteiger charge is -2.38. The van der Waals surface area contributed by atoms with E-state index in [0.29, 0.717) is 18.1 Å². The number of para-hydroxylation sites is 1. The Balaban J connectivity index is 0.00000144. The molecule has 1 aromatic rings. The summed E-state index contributed by atoms with van der Waals surface area (Å²) in [6.45, 7) is 5.93. The Morgan fingerprint density at radius 1 is 1.47 bits per heavy atom. The van der Waals surface area contributed by atoms with E-state index in [1.165, 1.54) is 0 Å². The summed E-state index contributed by atoms with van der Waals surface area (Å²) in [6, 6.07) is 7.41. The molecule has 1 fully saturated rings. The molecule has 1 aliphatic heterocycles. The van der Waals surface area contributed by atoms with Crippen LogP contribution in [0.2, 0.25) is 0 Å². The molecule has 2 unspecified atom stereocenters. The number of aromatic hydroxyl groups is 1. The van der Waals surface area contributed by atoms with Crippen LogP contribution in [0.15, 0.2) is 24.3 Å². The normalized spacial score (nSPS) is 28.5. The highest BCUT2D eigenvalue weighted by molar-refractivity contribution is 5.85. The number of nitrogens with one attached hydrogen (secondary N) is 1. The molecule has 1 aromatic carbocycles. The Morgan fingerprint density at radius 3 is 2.76 bits per heavy atom. The number of phenols is 1. The van der Waals surface area contributed by atoms with Crippen LogP contribution in [-0.2, 0) is 11.2 Å². The topological polar surface area (TPSA) is 41.5 Å². The van der Waals surface area contributed by atoms with Crippen LogP contribution in [-0.4, -0.2) is 24.0 Å². The fraction of sp³-hybridized carbons (Fsp3) is 0.538. The van der Waals surface area contributed by atoms with Crippen LogP contribution >= 0.6 is 12.4 Å². The van der Waals surface area contributed by atoms with Gasteiger partial charge in [-0.05, 0) is 24.5 Å². The number of hydrogen-bond acceptors (Lipinski definition) is 3. The van der Waals surface area contributed by atoms with Crippen LogP contribution in [0, 0.1) is 5.92 Å². The molecule has 1 aliphatic rings. The molecule has 96 valence electrons. The molecule has 1 saturated heterocycles. The second-order valence-corrected chi connectivity index (χ2v) is 4.83. The van der Waals surface area contributed by atoms with Gasteiger partial charge in [-0.2, -0.15) is 0 Å². The van der Waals surface area contributed by atoms with Crippen LogP contribution in [0.25, 0.3) is 0 Å². The van der Waals surface area contributed by atoms with Crippen molar-refractivity contribution in [3.05, 3.63) is 29.8 Å². The molecule has 2 N–H and O–H groups in total. The summed E-state index contributed by atoms with van der Waals surface area (Å²) in [4.78, 5) is 0. The SMILES string of the molecule is CC1CNC(C)(Cc2ccccc2O)OC1.Cl. The highest BCUT2D eigenvalue weighted by atomic mass is 35.5. The van der Waals surface area contributed by atoms with Gasteiger partial charge in [0, 0.05) is 13.0 Å². The second kappa shape index (κ2) is 5.71. The summed E-state index contributed by atoms with van der Waals surface area (Å²) < 4.78 is 5.81. The van der Waals surface area contributed by atoms with Gasteiger partial charge in [0.05, 0.1) is 6.61 Å². The molecule has 0 spiro atoms. The minimum Gasteiger partial charge on any atom is -0.508 e. The molecule has 17 heavy (non-hydrogen) atoms. The van der Waals surface area contributed by atoms with E-state index in [0.717, 1.165) is 18.7 Å². The Bertz CT molecular complexity index is 362. The van der Waals surface area contributed by atoms with Crippen molar-refractivity contribution in [1.82, 2.24) is 5.32 Å². The van der Waals surface area contributed by atoms with Crippen molar-refractivity contribution in [3.63, 3.8) is 0 Å². The Kier molecular flexibility index (Phi) is 4.80. The standard InChI is InChI=1S/C13H19NO2.ClH/c1-10-8-14-13(2,16-9-10)7-11-5-3-4-6-12(11)15;/h3-6,10,14-15H,7-9H2,1-2H3;1H. The molecule has 2 rings (SSSR count). The Hall–Kier alpha value is -0.770. The van der Waals surface area contributed by atoms with Crippen molar-refractivity contribution < 1.29 is 9.84 Å². The number of phenolic OH excluding ortho intramolecular Hbond substituents is 1. The number of benzene rings is 1. The van der Waals surface area contributed by atoms with Crippen LogP contribution in [0.4, 0.5) is 0 Å². The van der Waals surface area contributed by atoms with Gasteiger partial charge in [-0.25, -0.2) is 0 Å². The molecule has 0 bridgehead atoms. The quantitative estimate of drug-likeness (QED) is 0.855. The van der Waals surface area contributed by atoms with Crippen LogP contribution in [0.1, 0.15) is 19.4 Å². The molecular weight excluding hydrogens is 238 g/mol. The third kappa shape index (κ3) is 3.60. The predicted octanol–water partition coefficient (Wildman–Crippen LogP) is 2.33. The molecule has 0 aliphatic carbocycles. The van der Waals surface area contributed by atoms with Gasteiger partial charge in [0.25, 0.3) is 0 Å². The van der Waals surface area contributed by atoms with Crippen molar-refractivity contribution in [1.29, 1.82) is 0 Å². The molecule has 0 aromatic heterocycles. The van der Waals surface area contributed by atoms with E-state index in [2.05, 4.69) is 12.2 Å². The van der Waals surface area contributed by atoms with Gasteiger partial charge in [-0.15, -0.1) is 12.4 Å². The third-order valence-corrected chi connectivity index (χ3v) is 3.03. The molecule has 2 atom stereocenters. The van der Waals surface area contributed by atoms with E-state index >= 15 is 0 Å². The van der Waals surface area contributed by atoms with E-state index in [1.807, 2.05) is 25.1 Å². The molecule has 0 saturated carbocycles. The monoisotopic (exact) mass is 257 g/mol. The second-order valence-electron chi connectivity index (χ2n) is 4.83. The lowest BCUT2D eigenvalue weighted by atomic mass is 10.00. The van der Waals surface area contributed by atoms with Gasteiger partial charge in [-0.1, -0.05) is 25.1 Å². The maximum atomic E-state index is 9.72. The Morgan fingerprint density at radius 2 is 2.18 bits per heavy atom. The zero-order chi connectivity index (χ0) is 11.6. The van der Waals surface area contributed by atoms with Crippen LogP contribution in [0.5, 0.6) is 5.75 Å². The van der Waals surface area contributed by atoms with Gasteiger partial charge in [0.2, 0.25) is 0 Å². The number of hydrogen-bond donors (Lipinski definition) is 2. The molecular formula is C13H20ClNO2. The fourth-order valence-corrected chi connectivity index (χ4v) is 1.96. The summed E-state index contributed by atoms with van der Waals surface area (Å²) in [5.41, 5.74) is 0.567. The predicted molar refractivity (Wildman–Crippen MR) is 70.6 cm³/mol. The lowest BCUT2D eigenvalue weighted by Crippen LogP contribution is -2.53. The number of rotatable bonds is 2. The maximum absolute atomic E-state index is 9.72. The summed E-state index contributed by atoms with van der Waals surface area (Å²) in [6.07, 6.45) is 0.687. The first kappa shape index (κ1) is 14.3. The summed E-state index contributed by atoms with van der Waals surface area (Å²) in [5, 5.41) is 13.1. The minimum atomic E-state index is -0.356. The lowest BCUT2D eigenvalue weighted by molar-refractivity contribution is -0.0999. The molecule has 3 nitrogen and oxygen atoms in total. The Labute approximate surface area is 109 Å². The van der Waals surface area contributed by atoms with Crippen molar-refractivity contribution >= 4 is 12.4 Å². The van der Waals surface area contributed by atoms with Crippen molar-refractivity contribution in [2.24, 2.45) is 5.92 Å². The van der Waals surface area contributed by atoms with Crippen molar-refractivity contribution in [2.45, 2.75) is 26.0 Å². The first-order valence-electron chi connectivity index (χ1n) is 5.75. The number of ether oxygens (including phenoxy) is 1. The summed E-state index contributed by atoms with van der Waals surface area (Å²) in [5.74, 6) is 0.894. The van der Waals surface area contributed by atoms with Gasteiger partial charge >= 0.3 is 0 Å². The summed E-state index contributed by atoms with van der Waals surface area (Å²) in [7, 11) is 0. The highest BCUT2D eigenvalue weighted by Crippen LogP contribution is 2.24. The van der Waals surface area contributed by atoms with Crippen LogP contribution < -0.4 is 5.32 Å². The number of halogens is 1. The molecule has 4 heteroatoms. The summed E-state index contributed by atoms with van der Waals surface area (Å²) >= 11 is 0. The zero-order valence-corrected chi connectivity index (χ0v) is 11.1. The molecule has 0 amide bonds. The van der Waals surface area contributed by atoms with Gasteiger partial charge < -0.3 is 9.84 Å². The average molecular weight is 258 g/mol. The van der Waals surface area contributed by atoms with E-state index in [1.54, 1.807) is 6.07 Å². The van der Waals surface area contributed by atoms with Gasteiger partial charge in [-0.3, -0.25) is 5.32 Å². The van der Waals surface area contributed by atoms with Gasteiger partial charge in [0.15, 0.2) is 0 Å². The van der Waals surface area contributed by atoms with Crippen molar-refractivity contribution in [2.75, 3.05) is 13.2 Å². The first-order valence-corrected chi connectivity index (χ1v) is 5.75.